The number of likely N-dealkylation sites (tertiary alicyclic amines) is 1. The fraction of sp³-hybridized carbons (Fsp3) is 0.444. The Morgan fingerprint density at radius 3 is 2.77 bits per heavy atom. The van der Waals surface area contributed by atoms with Gasteiger partial charge in [0.25, 0.3) is 0 Å². The maximum atomic E-state index is 10.3. The Kier molecular flexibility index (Phi) is 7.72. The molecule has 142 valence electrons. The summed E-state index contributed by atoms with van der Waals surface area (Å²) >= 11 is 5.89. The first-order valence-electron chi connectivity index (χ1n) is 8.44. The molecule has 0 amide bonds. The molecule has 0 radical (unpaired) electrons. The van der Waals surface area contributed by atoms with Crippen molar-refractivity contribution in [2.45, 2.75) is 18.4 Å². The van der Waals surface area contributed by atoms with Crippen LogP contribution in [0.25, 0.3) is 0 Å². The first-order valence-corrected chi connectivity index (χ1v) is 8.82. The summed E-state index contributed by atoms with van der Waals surface area (Å²) in [7, 11) is 3.71. The van der Waals surface area contributed by atoms with Gasteiger partial charge in [-0.05, 0) is 29.7 Å². The van der Waals surface area contributed by atoms with Gasteiger partial charge in [-0.2, -0.15) is 5.10 Å². The molecule has 26 heavy (non-hydrogen) atoms. The minimum atomic E-state index is -0.606. The molecule has 1 aromatic heterocycles. The second-order valence-electron chi connectivity index (χ2n) is 6.37. The third kappa shape index (κ3) is 5.11. The lowest BCUT2D eigenvalue weighted by Gasteiger charge is -2.23. The highest BCUT2D eigenvalue weighted by atomic mass is 127. The van der Waals surface area contributed by atoms with Crippen LogP contribution >= 0.6 is 35.6 Å². The van der Waals surface area contributed by atoms with Crippen LogP contribution in [-0.4, -0.2) is 52.4 Å². The van der Waals surface area contributed by atoms with Crippen molar-refractivity contribution in [1.29, 1.82) is 0 Å². The molecule has 1 saturated heterocycles. The summed E-state index contributed by atoms with van der Waals surface area (Å²) in [4.78, 5) is 6.59. The monoisotopic (exact) mass is 489 g/mol. The van der Waals surface area contributed by atoms with E-state index in [4.69, 9.17) is 11.6 Å². The molecule has 2 heterocycles. The molecule has 2 atom stereocenters. The first-order chi connectivity index (χ1) is 12.1. The predicted octanol–water partition coefficient (Wildman–Crippen LogP) is 2.79. The van der Waals surface area contributed by atoms with E-state index < -0.39 is 6.10 Å². The summed E-state index contributed by atoms with van der Waals surface area (Å²) in [5, 5.41) is 18.5. The molecule has 0 aliphatic carbocycles. The third-order valence-electron chi connectivity index (χ3n) is 4.60. The molecular formula is C18H25ClIN5O. The molecule has 2 aromatic rings. The molecule has 1 aliphatic heterocycles. The van der Waals surface area contributed by atoms with Crippen molar-refractivity contribution in [3.63, 3.8) is 0 Å². The van der Waals surface area contributed by atoms with Crippen LogP contribution in [-0.2, 0) is 7.05 Å². The number of aliphatic imine (C=N–C) groups is 1. The highest BCUT2D eigenvalue weighted by Gasteiger charge is 2.27. The zero-order valence-corrected chi connectivity index (χ0v) is 18.1. The number of benzene rings is 1. The van der Waals surface area contributed by atoms with E-state index >= 15 is 0 Å². The molecule has 2 unspecified atom stereocenters. The number of halogens is 2. The van der Waals surface area contributed by atoms with Crippen molar-refractivity contribution in [1.82, 2.24) is 20.0 Å². The number of hydrogen-bond acceptors (Lipinski definition) is 3. The quantitative estimate of drug-likeness (QED) is 0.394. The lowest BCUT2D eigenvalue weighted by atomic mass is 10.0. The molecule has 1 aromatic carbocycles. The molecule has 2 N–H and O–H groups in total. The fourth-order valence-electron chi connectivity index (χ4n) is 3.20. The molecule has 0 saturated carbocycles. The van der Waals surface area contributed by atoms with E-state index in [0.717, 1.165) is 31.0 Å². The molecular weight excluding hydrogens is 465 g/mol. The van der Waals surface area contributed by atoms with Crippen molar-refractivity contribution < 1.29 is 5.11 Å². The number of hydrogen-bond donors (Lipinski definition) is 2. The van der Waals surface area contributed by atoms with Crippen molar-refractivity contribution >= 4 is 41.5 Å². The molecule has 3 rings (SSSR count). The summed E-state index contributed by atoms with van der Waals surface area (Å²) in [6, 6.07) is 7.25. The van der Waals surface area contributed by atoms with Crippen LogP contribution in [0.2, 0.25) is 5.02 Å². The van der Waals surface area contributed by atoms with Crippen LogP contribution in [0.5, 0.6) is 0 Å². The van der Waals surface area contributed by atoms with Crippen LogP contribution in [0.1, 0.15) is 29.6 Å². The molecule has 6 nitrogen and oxygen atoms in total. The van der Waals surface area contributed by atoms with Gasteiger partial charge in [-0.25, -0.2) is 0 Å². The van der Waals surface area contributed by atoms with E-state index in [2.05, 4.69) is 26.5 Å². The average molecular weight is 490 g/mol. The molecule has 0 spiro atoms. The van der Waals surface area contributed by atoms with Gasteiger partial charge in [-0.1, -0.05) is 23.7 Å². The maximum Gasteiger partial charge on any atom is 0.193 e. The maximum absolute atomic E-state index is 10.3. The number of rotatable bonds is 4. The Balaban J connectivity index is 0.00000243. The third-order valence-corrected chi connectivity index (χ3v) is 4.86. The van der Waals surface area contributed by atoms with Gasteiger partial charge in [0, 0.05) is 50.9 Å². The Morgan fingerprint density at radius 1 is 1.42 bits per heavy atom. The minimum absolute atomic E-state index is 0. The molecule has 1 aliphatic rings. The number of nitrogens with one attached hydrogen (secondary N) is 1. The van der Waals surface area contributed by atoms with Crippen LogP contribution in [0.4, 0.5) is 0 Å². The van der Waals surface area contributed by atoms with Crippen molar-refractivity contribution in [3.8, 4) is 0 Å². The van der Waals surface area contributed by atoms with Crippen LogP contribution in [0, 0.1) is 0 Å². The average Bonchev–Trinajstić information content (AvgIpc) is 3.25. The highest BCUT2D eigenvalue weighted by Crippen LogP contribution is 2.26. The second-order valence-corrected chi connectivity index (χ2v) is 6.81. The Hall–Kier alpha value is -1.32. The van der Waals surface area contributed by atoms with Crippen molar-refractivity contribution in [2.75, 3.05) is 26.7 Å². The van der Waals surface area contributed by atoms with E-state index in [9.17, 15) is 5.11 Å². The number of aliphatic hydroxyl groups excluding tert-OH is 1. The van der Waals surface area contributed by atoms with E-state index in [1.165, 1.54) is 5.56 Å². The van der Waals surface area contributed by atoms with Gasteiger partial charge < -0.3 is 15.3 Å². The van der Waals surface area contributed by atoms with Gasteiger partial charge >= 0.3 is 0 Å². The van der Waals surface area contributed by atoms with Crippen LogP contribution in [0.3, 0.4) is 0 Å². The summed E-state index contributed by atoms with van der Waals surface area (Å²) in [6.07, 6.45) is 4.49. The van der Waals surface area contributed by atoms with Gasteiger partial charge in [0.05, 0.1) is 12.3 Å². The Bertz CT molecular complexity index is 733. The zero-order chi connectivity index (χ0) is 17.8. The molecule has 8 heteroatoms. The van der Waals surface area contributed by atoms with Crippen LogP contribution in [0.15, 0.2) is 41.7 Å². The normalized spacial score (nSPS) is 18.5. The summed E-state index contributed by atoms with van der Waals surface area (Å²) in [5.41, 5.74) is 2.10. The molecule has 0 bridgehead atoms. The molecule has 1 fully saturated rings. The van der Waals surface area contributed by atoms with Gasteiger partial charge in [-0.15, -0.1) is 24.0 Å². The topological polar surface area (TPSA) is 65.7 Å². The van der Waals surface area contributed by atoms with Gasteiger partial charge in [0.1, 0.15) is 0 Å². The second kappa shape index (κ2) is 9.57. The van der Waals surface area contributed by atoms with Gasteiger partial charge in [0.15, 0.2) is 5.96 Å². The lowest BCUT2D eigenvalue weighted by Crippen LogP contribution is -2.41. The number of aliphatic hydroxyl groups is 1. The van der Waals surface area contributed by atoms with Crippen LogP contribution < -0.4 is 5.32 Å². The van der Waals surface area contributed by atoms with Crippen molar-refractivity contribution in [2.24, 2.45) is 12.0 Å². The van der Waals surface area contributed by atoms with Crippen molar-refractivity contribution in [3.05, 3.63) is 52.8 Å². The lowest BCUT2D eigenvalue weighted by molar-refractivity contribution is 0.180. The minimum Gasteiger partial charge on any atom is -0.387 e. The van der Waals surface area contributed by atoms with E-state index in [-0.39, 0.29) is 24.0 Å². The largest absolute Gasteiger partial charge is 0.387 e. The van der Waals surface area contributed by atoms with E-state index in [1.54, 1.807) is 19.2 Å². The standard InChI is InChI=1S/C18H24ClN5O.HI/c1-20-18(21-10-17(25)13-3-5-16(19)6-4-13)24-8-7-14(12-24)15-9-22-23(2)11-15;/h3-6,9,11,14,17,25H,7-8,10,12H2,1-2H3,(H,20,21);1H. The van der Waals surface area contributed by atoms with Gasteiger partial charge in [-0.3, -0.25) is 9.67 Å². The summed E-state index contributed by atoms with van der Waals surface area (Å²) in [6.45, 7) is 2.25. The summed E-state index contributed by atoms with van der Waals surface area (Å²) in [5.74, 6) is 1.29. The fourth-order valence-corrected chi connectivity index (χ4v) is 3.32. The smallest absolute Gasteiger partial charge is 0.193 e. The highest BCUT2D eigenvalue weighted by molar-refractivity contribution is 14.0. The summed E-state index contributed by atoms with van der Waals surface area (Å²) < 4.78 is 1.84. The number of guanidine groups is 1. The predicted molar refractivity (Wildman–Crippen MR) is 115 cm³/mol. The Morgan fingerprint density at radius 2 is 2.15 bits per heavy atom. The van der Waals surface area contributed by atoms with Gasteiger partial charge in [0.2, 0.25) is 0 Å². The van der Waals surface area contributed by atoms with E-state index in [0.29, 0.717) is 17.5 Å². The number of aryl methyl sites for hydroxylation is 1. The van der Waals surface area contributed by atoms with E-state index in [1.807, 2.05) is 30.1 Å². The number of nitrogens with zero attached hydrogens (tertiary/aromatic N) is 4. The number of aromatic nitrogens is 2. The SMILES string of the molecule is CN=C(NCC(O)c1ccc(Cl)cc1)N1CCC(c2cnn(C)c2)C1.I. The first kappa shape index (κ1) is 21.0. The zero-order valence-electron chi connectivity index (χ0n) is 15.0. The Labute approximate surface area is 176 Å².